The standard InChI is InChI=1S/C55H78N6O14/c1-30(2)29-60-17-15-55(16-18-60)57-43-40-41-48(67)36(8)51-42(40)52(69)54(9,75-51)73-25-14-37(71-10)33(5)50(74-39(64)28-38(63)61-21-19-59(20-22-61)23-26-72-27-24-62)35(7)47(66)34(6)46(65)31(3)12-11-13-32(4)53(70)56-45(49(41)68)44(43)58-55/h11-14,25,30-31,33-35,37,46-47,50,62,65-68H,15-24,26-29H2,1-10H3,(H,56,70)/b12-11+,25-14+,32-13-/t31-,33+,34+,35+,37-,46-,47+,50+,54-/m0/s1. The van der Waals surface area contributed by atoms with Gasteiger partial charge in [-0.25, -0.2) is 0 Å². The molecule has 5 bridgehead atoms. The quantitative estimate of drug-likeness (QED) is 0.0817. The van der Waals surface area contributed by atoms with E-state index in [1.807, 2.05) is 0 Å². The number of rotatable bonds is 11. The third kappa shape index (κ3) is 12.1. The van der Waals surface area contributed by atoms with Crippen molar-refractivity contribution in [2.24, 2.45) is 39.6 Å². The Kier molecular flexibility index (Phi) is 18.2. The Bertz CT molecular complexity index is 2690. The molecule has 0 radical (unpaired) electrons. The van der Waals surface area contributed by atoms with Crippen molar-refractivity contribution in [3.8, 4) is 17.2 Å². The summed E-state index contributed by atoms with van der Waals surface area (Å²) in [6, 6.07) is 0. The van der Waals surface area contributed by atoms with E-state index in [0.717, 1.165) is 6.54 Å². The molecule has 0 saturated carbocycles. The Labute approximate surface area is 438 Å². The molecule has 0 unspecified atom stereocenters. The Morgan fingerprint density at radius 1 is 0.880 bits per heavy atom. The molecule has 6 N–H and O–H groups in total. The molecule has 2 amide bonds. The molecule has 75 heavy (non-hydrogen) atoms. The van der Waals surface area contributed by atoms with E-state index in [1.54, 1.807) is 64.7 Å². The number of hydrogen-bond acceptors (Lipinski definition) is 18. The van der Waals surface area contributed by atoms with Crippen molar-refractivity contribution in [3.05, 3.63) is 58.0 Å². The number of anilines is 1. The highest BCUT2D eigenvalue weighted by Crippen LogP contribution is 2.50. The van der Waals surface area contributed by atoms with E-state index in [0.29, 0.717) is 71.2 Å². The number of fused-ring (bicyclic) bond motifs is 13. The highest BCUT2D eigenvalue weighted by atomic mass is 16.7. The van der Waals surface area contributed by atoms with Gasteiger partial charge in [0.2, 0.25) is 5.91 Å². The number of carbonyl (C=O) groups is 4. The average molecular weight is 1050 g/mol. The molecule has 6 aliphatic heterocycles. The topological polar surface area (TPSA) is 262 Å². The third-order valence-electron chi connectivity index (χ3n) is 15.7. The molecule has 2 fully saturated rings. The summed E-state index contributed by atoms with van der Waals surface area (Å²) in [5.74, 6) is -7.89. The van der Waals surface area contributed by atoms with E-state index >= 15 is 0 Å². The van der Waals surface area contributed by atoms with Crippen LogP contribution in [-0.4, -0.2) is 179 Å². The molecular weight excluding hydrogens is 969 g/mol. The lowest BCUT2D eigenvalue weighted by molar-refractivity contribution is -0.165. The van der Waals surface area contributed by atoms with Crippen LogP contribution in [0.3, 0.4) is 0 Å². The number of phenolic OH excluding ortho intramolecular Hbond substituents is 2. The van der Waals surface area contributed by atoms with E-state index in [-0.39, 0.29) is 62.8 Å². The monoisotopic (exact) mass is 1050 g/mol. The smallest absolute Gasteiger partial charge is 0.315 e. The van der Waals surface area contributed by atoms with Gasteiger partial charge in [-0.3, -0.25) is 34.1 Å². The molecular formula is C55H78N6O14. The molecule has 412 valence electrons. The van der Waals surface area contributed by atoms with Crippen LogP contribution in [-0.2, 0) is 33.3 Å². The Hall–Kier alpha value is -5.48. The van der Waals surface area contributed by atoms with E-state index in [2.05, 4.69) is 29.0 Å². The van der Waals surface area contributed by atoms with Crippen molar-refractivity contribution < 1.29 is 68.4 Å². The lowest BCUT2D eigenvalue weighted by Crippen LogP contribution is -2.50. The number of amides is 2. The zero-order chi connectivity index (χ0) is 54.7. The lowest BCUT2D eigenvalue weighted by Gasteiger charge is -2.38. The molecule has 2 saturated heterocycles. The first-order valence-electron chi connectivity index (χ1n) is 26.3. The first-order chi connectivity index (χ1) is 35.5. The second-order valence-corrected chi connectivity index (χ2v) is 21.6. The van der Waals surface area contributed by atoms with Crippen molar-refractivity contribution in [2.75, 3.05) is 84.6 Å². The molecule has 2 aromatic carbocycles. The Morgan fingerprint density at radius 3 is 2.21 bits per heavy atom. The van der Waals surface area contributed by atoms with E-state index in [4.69, 9.17) is 38.8 Å². The van der Waals surface area contributed by atoms with Crippen molar-refractivity contribution >= 4 is 40.0 Å². The summed E-state index contributed by atoms with van der Waals surface area (Å²) < 4.78 is 30.0. The molecule has 20 nitrogen and oxygen atoms in total. The number of ether oxygens (including phenoxy) is 5. The molecule has 6 heterocycles. The van der Waals surface area contributed by atoms with Gasteiger partial charge in [-0.15, -0.1) is 0 Å². The maximum Gasteiger partial charge on any atom is 0.315 e. The normalized spacial score (nSPS) is 30.3. The number of methoxy groups -OCH3 is 1. The van der Waals surface area contributed by atoms with Crippen LogP contribution in [0.5, 0.6) is 17.2 Å². The van der Waals surface area contributed by atoms with Crippen LogP contribution < -0.4 is 20.8 Å². The molecule has 2 aromatic rings. The summed E-state index contributed by atoms with van der Waals surface area (Å²) >= 11 is 0. The van der Waals surface area contributed by atoms with Gasteiger partial charge in [0.05, 0.1) is 60.7 Å². The van der Waals surface area contributed by atoms with Crippen LogP contribution in [0.15, 0.2) is 46.1 Å². The summed E-state index contributed by atoms with van der Waals surface area (Å²) in [4.78, 5) is 72.8. The lowest BCUT2D eigenvalue weighted by atomic mass is 9.78. The van der Waals surface area contributed by atoms with Gasteiger partial charge in [-0.1, -0.05) is 59.8 Å². The molecule has 20 heteroatoms. The van der Waals surface area contributed by atoms with Crippen molar-refractivity contribution in [1.29, 1.82) is 0 Å². The van der Waals surface area contributed by atoms with E-state index < -0.39 is 101 Å². The van der Waals surface area contributed by atoms with Gasteiger partial charge in [0.15, 0.2) is 11.4 Å². The van der Waals surface area contributed by atoms with Gasteiger partial charge in [0.1, 0.15) is 35.1 Å². The van der Waals surface area contributed by atoms with Gasteiger partial charge in [0, 0.05) is 119 Å². The first-order valence-corrected chi connectivity index (χ1v) is 26.3. The van der Waals surface area contributed by atoms with Gasteiger partial charge in [-0.2, -0.15) is 0 Å². The zero-order valence-corrected chi connectivity index (χ0v) is 45.1. The van der Waals surface area contributed by atoms with E-state index in [1.165, 1.54) is 26.4 Å². The SMILES string of the molecule is CO[C@H]1/C=C/O[C@@]2(C)Oc3c(C)c(O)c4c(O)c(c5c(c4c3C2=O)=NC2(CCN(CC(C)C)CC2)N=5)NC(=O)/C(C)=C\C=C\[C@H](C)[C@H](O)[C@@H](C)[C@@H](O)[C@@H](C)[C@H](OC(=O)CC(=O)N2CCN(CCOCCO)CC2)[C@@H]1C. The summed E-state index contributed by atoms with van der Waals surface area (Å²) in [6.07, 6.45) is 3.71. The number of benzene rings is 2. The number of aliphatic hydroxyl groups excluding tert-OH is 3. The minimum Gasteiger partial charge on any atom is -0.507 e. The number of piperidine rings is 1. The Balaban J connectivity index is 1.25. The first kappa shape index (κ1) is 57.2. The maximum absolute atomic E-state index is 15.0. The van der Waals surface area contributed by atoms with Gasteiger partial charge < -0.3 is 64.3 Å². The second kappa shape index (κ2) is 23.8. The van der Waals surface area contributed by atoms with Crippen molar-refractivity contribution in [2.45, 2.75) is 117 Å². The predicted octanol–water partition coefficient (Wildman–Crippen LogP) is 3.27. The second-order valence-electron chi connectivity index (χ2n) is 21.6. The number of ketones is 1. The summed E-state index contributed by atoms with van der Waals surface area (Å²) in [5, 5.41) is 60.0. The minimum absolute atomic E-state index is 0.00156. The van der Waals surface area contributed by atoms with Gasteiger partial charge in [-0.05, 0) is 25.8 Å². The number of phenols is 2. The molecule has 1 spiro atoms. The van der Waals surface area contributed by atoms with Crippen molar-refractivity contribution in [1.82, 2.24) is 14.7 Å². The number of hydrogen-bond donors (Lipinski definition) is 6. The molecule has 9 atom stereocenters. The third-order valence-corrected chi connectivity index (χ3v) is 15.7. The fourth-order valence-corrected chi connectivity index (χ4v) is 11.0. The Morgan fingerprint density at radius 2 is 1.56 bits per heavy atom. The zero-order valence-electron chi connectivity index (χ0n) is 45.1. The predicted molar refractivity (Wildman–Crippen MR) is 278 cm³/mol. The highest BCUT2D eigenvalue weighted by Gasteiger charge is 2.50. The minimum atomic E-state index is -2.03. The number of esters is 1. The number of nitrogens with zero attached hydrogens (tertiary/aromatic N) is 5. The molecule has 0 aromatic heterocycles. The molecule has 0 aliphatic carbocycles. The number of Topliss-reactive ketones (excluding diaryl/α,β-unsaturated/α-hetero) is 1. The average Bonchev–Trinajstić information content (AvgIpc) is 3.89. The number of aromatic hydroxyl groups is 2. The van der Waals surface area contributed by atoms with Crippen LogP contribution in [0.4, 0.5) is 5.69 Å². The number of piperazine rings is 1. The van der Waals surface area contributed by atoms with Crippen LogP contribution >= 0.6 is 0 Å². The number of carbonyl (C=O) groups excluding carboxylic acids is 4. The van der Waals surface area contributed by atoms with Gasteiger partial charge in [0.25, 0.3) is 11.7 Å². The van der Waals surface area contributed by atoms with Crippen LogP contribution in [0, 0.1) is 36.5 Å². The molecule has 8 rings (SSSR count). The summed E-state index contributed by atoms with van der Waals surface area (Å²) in [6.45, 7) is 21.2. The largest absolute Gasteiger partial charge is 0.507 e. The van der Waals surface area contributed by atoms with Crippen LogP contribution in [0.2, 0.25) is 0 Å². The van der Waals surface area contributed by atoms with Gasteiger partial charge >= 0.3 is 11.8 Å². The van der Waals surface area contributed by atoms with E-state index in [9.17, 15) is 39.6 Å². The number of nitrogens with one attached hydrogen (secondary N) is 1. The number of likely N-dealkylation sites (tertiary alicyclic amines) is 1. The fourth-order valence-electron chi connectivity index (χ4n) is 11.0. The fraction of sp³-hybridized carbons (Fsp3) is 0.636. The number of allylic oxidation sites excluding steroid dienone is 2. The summed E-state index contributed by atoms with van der Waals surface area (Å²) in [7, 11) is 1.44. The number of aliphatic hydroxyl groups is 3. The van der Waals surface area contributed by atoms with Crippen LogP contribution in [0.25, 0.3) is 10.8 Å². The highest BCUT2D eigenvalue weighted by molar-refractivity contribution is 6.19. The molecule has 6 aliphatic rings. The summed E-state index contributed by atoms with van der Waals surface area (Å²) in [5.41, 5.74) is -0.727. The van der Waals surface area contributed by atoms with Crippen molar-refractivity contribution in [3.63, 3.8) is 0 Å². The maximum atomic E-state index is 15.0. The van der Waals surface area contributed by atoms with Crippen LogP contribution in [0.1, 0.15) is 90.6 Å².